The van der Waals surface area contributed by atoms with Crippen LogP contribution in [0.2, 0.25) is 0 Å². The summed E-state index contributed by atoms with van der Waals surface area (Å²) in [6.45, 7) is 2.19. The lowest BCUT2D eigenvalue weighted by molar-refractivity contribution is 0.0894. The van der Waals surface area contributed by atoms with Gasteiger partial charge in [-0.05, 0) is 12.5 Å². The first-order chi connectivity index (χ1) is 8.60. The number of carbonyl (C=O) groups excluding carboxylic acids is 1. The minimum Gasteiger partial charge on any atom is -0.325 e. The topological polar surface area (TPSA) is 80.9 Å². The number of nitrogens with one attached hydrogen (secondary N) is 1. The number of aryl methyl sites for hydroxylation is 1. The predicted octanol–water partition coefficient (Wildman–Crippen LogP) is 0.826. The fourth-order valence-corrected chi connectivity index (χ4v) is 1.69. The van der Waals surface area contributed by atoms with Crippen molar-refractivity contribution in [1.82, 2.24) is 9.78 Å². The number of H-pyrrole nitrogens is 1. The number of nitrogens with zero attached hydrogens (tertiary/aromatic N) is 1. The molecule has 0 atom stereocenters. The summed E-state index contributed by atoms with van der Waals surface area (Å²) in [5, 5.41) is 2.69. The first-order valence-corrected chi connectivity index (χ1v) is 5.70. The van der Waals surface area contributed by atoms with Gasteiger partial charge in [0.2, 0.25) is 0 Å². The van der Waals surface area contributed by atoms with Gasteiger partial charge in [-0.15, -0.1) is 0 Å². The van der Waals surface area contributed by atoms with E-state index in [9.17, 15) is 9.59 Å². The summed E-state index contributed by atoms with van der Waals surface area (Å²) < 4.78 is 1.00. The number of aromatic nitrogens is 2. The lowest BCUT2D eigenvalue weighted by Gasteiger charge is -2.02. The Hall–Kier alpha value is -2.14. The van der Waals surface area contributed by atoms with Gasteiger partial charge in [0.1, 0.15) is 0 Å². The Morgan fingerprint density at radius 1 is 1.33 bits per heavy atom. The van der Waals surface area contributed by atoms with Crippen LogP contribution in [0.1, 0.15) is 21.6 Å². The molecule has 2 aromatic rings. The zero-order valence-corrected chi connectivity index (χ0v) is 10.1. The van der Waals surface area contributed by atoms with Gasteiger partial charge < -0.3 is 5.73 Å². The molecule has 0 amide bonds. The third-order valence-corrected chi connectivity index (χ3v) is 2.72. The number of nitrogens with two attached hydrogens (primary N) is 1. The van der Waals surface area contributed by atoms with Crippen LogP contribution in [0.3, 0.4) is 0 Å². The molecule has 0 saturated carbocycles. The number of hydrogen-bond acceptors (Lipinski definition) is 3. The van der Waals surface area contributed by atoms with E-state index in [0.717, 1.165) is 15.8 Å². The van der Waals surface area contributed by atoms with Crippen molar-refractivity contribution in [1.29, 1.82) is 0 Å². The van der Waals surface area contributed by atoms with Crippen molar-refractivity contribution in [2.45, 2.75) is 19.9 Å². The maximum absolute atomic E-state index is 11.9. The largest absolute Gasteiger partial charge is 0.325 e. The Morgan fingerprint density at radius 2 is 2.00 bits per heavy atom. The zero-order valence-electron chi connectivity index (χ0n) is 10.1. The SMILES string of the molecule is Cc1ccc(CC(=O)n2[nH]c(CN)cc2=O)cc1. The van der Waals surface area contributed by atoms with Gasteiger partial charge in [0.15, 0.2) is 0 Å². The molecule has 18 heavy (non-hydrogen) atoms. The smallest absolute Gasteiger partial charge is 0.273 e. The molecule has 0 bridgehead atoms. The fraction of sp³-hybridized carbons (Fsp3) is 0.231. The van der Waals surface area contributed by atoms with E-state index in [1.165, 1.54) is 6.07 Å². The van der Waals surface area contributed by atoms with Crippen molar-refractivity contribution < 1.29 is 4.79 Å². The summed E-state index contributed by atoms with van der Waals surface area (Å²) in [6, 6.07) is 8.97. The maximum Gasteiger partial charge on any atom is 0.273 e. The molecule has 0 spiro atoms. The molecule has 0 aliphatic heterocycles. The van der Waals surface area contributed by atoms with E-state index in [1.807, 2.05) is 31.2 Å². The Kier molecular flexibility index (Phi) is 3.43. The zero-order chi connectivity index (χ0) is 13.1. The number of rotatable bonds is 3. The average molecular weight is 245 g/mol. The molecule has 0 aliphatic rings. The first-order valence-electron chi connectivity index (χ1n) is 5.70. The van der Waals surface area contributed by atoms with Crippen molar-refractivity contribution in [3.8, 4) is 0 Å². The average Bonchev–Trinajstić information content (AvgIpc) is 2.73. The van der Waals surface area contributed by atoms with Gasteiger partial charge in [-0.2, -0.15) is 4.68 Å². The molecule has 1 aromatic carbocycles. The normalized spacial score (nSPS) is 10.6. The molecule has 0 aliphatic carbocycles. The predicted molar refractivity (Wildman–Crippen MR) is 68.5 cm³/mol. The molecular formula is C13H15N3O2. The van der Waals surface area contributed by atoms with Crippen LogP contribution in [0.15, 0.2) is 35.1 Å². The Balaban J connectivity index is 2.19. The van der Waals surface area contributed by atoms with Gasteiger partial charge >= 0.3 is 0 Å². The lowest BCUT2D eigenvalue weighted by atomic mass is 10.1. The van der Waals surface area contributed by atoms with Crippen molar-refractivity contribution in [2.24, 2.45) is 5.73 Å². The van der Waals surface area contributed by atoms with Gasteiger partial charge in [0.05, 0.1) is 12.1 Å². The van der Waals surface area contributed by atoms with E-state index in [4.69, 9.17) is 5.73 Å². The van der Waals surface area contributed by atoms with Gasteiger partial charge in [0.25, 0.3) is 11.5 Å². The number of benzene rings is 1. The minimum absolute atomic E-state index is 0.185. The molecule has 0 fully saturated rings. The Morgan fingerprint density at radius 3 is 2.56 bits per heavy atom. The molecule has 94 valence electrons. The molecule has 1 aromatic heterocycles. The fourth-order valence-electron chi connectivity index (χ4n) is 1.69. The molecular weight excluding hydrogens is 230 g/mol. The highest BCUT2D eigenvalue weighted by Gasteiger charge is 2.10. The summed E-state index contributed by atoms with van der Waals surface area (Å²) >= 11 is 0. The van der Waals surface area contributed by atoms with E-state index in [1.54, 1.807) is 0 Å². The third-order valence-electron chi connectivity index (χ3n) is 2.72. The summed E-state index contributed by atoms with van der Waals surface area (Å²) in [4.78, 5) is 23.5. The highest BCUT2D eigenvalue weighted by molar-refractivity contribution is 5.80. The highest BCUT2D eigenvalue weighted by atomic mass is 16.2. The maximum atomic E-state index is 11.9. The standard InChI is InChI=1S/C13H15N3O2/c1-9-2-4-10(5-3-9)6-12(17)16-13(18)7-11(8-14)15-16/h2-5,7,15H,6,8,14H2,1H3. The molecule has 5 nitrogen and oxygen atoms in total. The van der Waals surface area contributed by atoms with Crippen LogP contribution in [-0.2, 0) is 13.0 Å². The van der Waals surface area contributed by atoms with Crippen LogP contribution >= 0.6 is 0 Å². The quantitative estimate of drug-likeness (QED) is 0.840. The van der Waals surface area contributed by atoms with Crippen LogP contribution in [-0.4, -0.2) is 15.7 Å². The molecule has 1 heterocycles. The number of hydrogen-bond donors (Lipinski definition) is 2. The van der Waals surface area contributed by atoms with Crippen molar-refractivity contribution in [3.63, 3.8) is 0 Å². The summed E-state index contributed by atoms with van der Waals surface area (Å²) in [5.74, 6) is -0.288. The second-order valence-electron chi connectivity index (χ2n) is 4.22. The second kappa shape index (κ2) is 5.01. The van der Waals surface area contributed by atoms with E-state index in [-0.39, 0.29) is 24.4 Å². The summed E-state index contributed by atoms with van der Waals surface area (Å²) in [5.41, 5.74) is 7.60. The van der Waals surface area contributed by atoms with Crippen LogP contribution in [0.5, 0.6) is 0 Å². The molecule has 5 heteroatoms. The Bertz CT molecular complexity index is 608. The van der Waals surface area contributed by atoms with Crippen LogP contribution in [0, 0.1) is 6.92 Å². The van der Waals surface area contributed by atoms with Crippen LogP contribution in [0.25, 0.3) is 0 Å². The van der Waals surface area contributed by atoms with Crippen molar-refractivity contribution in [3.05, 3.63) is 57.5 Å². The van der Waals surface area contributed by atoms with Gasteiger partial charge in [-0.3, -0.25) is 14.7 Å². The molecule has 0 saturated heterocycles. The third kappa shape index (κ3) is 2.57. The van der Waals surface area contributed by atoms with Gasteiger partial charge in [-0.25, -0.2) is 0 Å². The van der Waals surface area contributed by atoms with Crippen LogP contribution < -0.4 is 11.3 Å². The number of aromatic amines is 1. The first kappa shape index (κ1) is 12.3. The highest BCUT2D eigenvalue weighted by Crippen LogP contribution is 2.04. The van der Waals surface area contributed by atoms with E-state index < -0.39 is 0 Å². The summed E-state index contributed by atoms with van der Waals surface area (Å²) in [6.07, 6.45) is 0.185. The van der Waals surface area contributed by atoms with Gasteiger partial charge in [-0.1, -0.05) is 29.8 Å². The molecule has 0 radical (unpaired) electrons. The van der Waals surface area contributed by atoms with E-state index in [0.29, 0.717) is 5.69 Å². The summed E-state index contributed by atoms with van der Waals surface area (Å²) in [7, 11) is 0. The van der Waals surface area contributed by atoms with E-state index >= 15 is 0 Å². The minimum atomic E-state index is -0.368. The van der Waals surface area contributed by atoms with E-state index in [2.05, 4.69) is 5.10 Å². The lowest BCUT2D eigenvalue weighted by Crippen LogP contribution is -2.25. The van der Waals surface area contributed by atoms with Crippen molar-refractivity contribution in [2.75, 3.05) is 0 Å². The van der Waals surface area contributed by atoms with Gasteiger partial charge in [0, 0.05) is 12.6 Å². The number of carbonyl (C=O) groups is 1. The molecule has 0 unspecified atom stereocenters. The Labute approximate surface area is 104 Å². The van der Waals surface area contributed by atoms with Crippen molar-refractivity contribution >= 4 is 5.91 Å². The van der Waals surface area contributed by atoms with Crippen LogP contribution in [0.4, 0.5) is 0 Å². The molecule has 3 N–H and O–H groups in total. The second-order valence-corrected chi connectivity index (χ2v) is 4.22. The molecule has 2 rings (SSSR count). The monoisotopic (exact) mass is 245 g/mol.